The van der Waals surface area contributed by atoms with Gasteiger partial charge in [-0.3, -0.25) is 19.4 Å². The van der Waals surface area contributed by atoms with Gasteiger partial charge in [0.2, 0.25) is 0 Å². The summed E-state index contributed by atoms with van der Waals surface area (Å²) in [5.41, 5.74) is 0.404. The molecule has 7 nitrogen and oxygen atoms in total. The number of fused-ring (bicyclic) bond motifs is 3. The molecule has 4 heterocycles. The number of amides is 2. The van der Waals surface area contributed by atoms with Crippen molar-refractivity contribution >= 4 is 11.8 Å². The van der Waals surface area contributed by atoms with E-state index in [-0.39, 0.29) is 29.7 Å². The van der Waals surface area contributed by atoms with Crippen LogP contribution in [0.4, 0.5) is 0 Å². The quantitative estimate of drug-likeness (QED) is 0.800. The van der Waals surface area contributed by atoms with Crippen LogP contribution in [0.3, 0.4) is 0 Å². The average Bonchev–Trinajstić information content (AvgIpc) is 2.61. The van der Waals surface area contributed by atoms with Crippen molar-refractivity contribution in [2.75, 3.05) is 33.8 Å². The van der Waals surface area contributed by atoms with Crippen LogP contribution in [0.1, 0.15) is 16.9 Å². The topological polar surface area (TPSA) is 74.8 Å². The molecule has 2 bridgehead atoms. The van der Waals surface area contributed by atoms with Crippen molar-refractivity contribution in [3.8, 4) is 0 Å². The number of hydrogen-bond acceptors (Lipinski definition) is 5. The summed E-state index contributed by atoms with van der Waals surface area (Å²) in [6.07, 6.45) is 2.51. The molecule has 0 radical (unpaired) electrons. The van der Waals surface area contributed by atoms with Crippen LogP contribution < -0.4 is 5.32 Å². The Bertz CT molecular complexity index is 580. The molecule has 3 fully saturated rings. The second kappa shape index (κ2) is 6.64. The molecule has 3 saturated heterocycles. The van der Waals surface area contributed by atoms with Crippen LogP contribution in [0, 0.1) is 11.8 Å². The standard InChI is InChI=1S/C16H22N4O3/c1-19(23-2)16(22)12-9-20-8-6-11(12)14(10-20)18-15(21)13-5-3-4-7-17-13/h3-5,7,11-12,14H,6,8-10H2,1-2H3,(H,18,21). The van der Waals surface area contributed by atoms with Gasteiger partial charge in [0.1, 0.15) is 5.69 Å². The van der Waals surface area contributed by atoms with Crippen LogP contribution in [0.5, 0.6) is 0 Å². The van der Waals surface area contributed by atoms with E-state index < -0.39 is 0 Å². The molecule has 3 aliphatic rings. The second-order valence-electron chi connectivity index (χ2n) is 6.13. The summed E-state index contributed by atoms with van der Waals surface area (Å²) in [5, 5.41) is 4.34. The fourth-order valence-electron chi connectivity index (χ4n) is 3.58. The third-order valence-electron chi connectivity index (χ3n) is 4.84. The molecule has 23 heavy (non-hydrogen) atoms. The minimum absolute atomic E-state index is 0.0287. The van der Waals surface area contributed by atoms with Gasteiger partial charge in [-0.15, -0.1) is 0 Å². The number of pyridine rings is 1. The van der Waals surface area contributed by atoms with Crippen LogP contribution in [0.25, 0.3) is 0 Å². The largest absolute Gasteiger partial charge is 0.346 e. The molecule has 2 amide bonds. The van der Waals surface area contributed by atoms with Crippen LogP contribution in [-0.4, -0.2) is 66.6 Å². The number of nitrogens with zero attached hydrogens (tertiary/aromatic N) is 3. The molecular weight excluding hydrogens is 296 g/mol. The zero-order valence-corrected chi connectivity index (χ0v) is 13.4. The van der Waals surface area contributed by atoms with Crippen LogP contribution in [-0.2, 0) is 9.63 Å². The highest BCUT2D eigenvalue weighted by atomic mass is 16.7. The SMILES string of the molecule is CON(C)C(=O)C1CN2CCC1C(NC(=O)c1ccccn1)C2. The fourth-order valence-corrected chi connectivity index (χ4v) is 3.58. The highest BCUT2D eigenvalue weighted by molar-refractivity contribution is 5.92. The molecule has 1 aromatic heterocycles. The maximum atomic E-state index is 12.5. The molecule has 0 saturated carbocycles. The Morgan fingerprint density at radius 2 is 2.22 bits per heavy atom. The van der Waals surface area contributed by atoms with E-state index >= 15 is 0 Å². The summed E-state index contributed by atoms with van der Waals surface area (Å²) in [4.78, 5) is 36.2. The highest BCUT2D eigenvalue weighted by Crippen LogP contribution is 2.33. The Labute approximate surface area is 135 Å². The van der Waals surface area contributed by atoms with Gasteiger partial charge in [-0.05, 0) is 31.0 Å². The molecule has 4 rings (SSSR count). The molecule has 0 aliphatic carbocycles. The molecule has 0 spiro atoms. The van der Waals surface area contributed by atoms with E-state index in [4.69, 9.17) is 4.84 Å². The van der Waals surface area contributed by atoms with Gasteiger partial charge in [-0.1, -0.05) is 6.07 Å². The predicted molar refractivity (Wildman–Crippen MR) is 83.3 cm³/mol. The number of carbonyl (C=O) groups is 2. The van der Waals surface area contributed by atoms with Crippen molar-refractivity contribution in [1.29, 1.82) is 0 Å². The third kappa shape index (κ3) is 3.20. The smallest absolute Gasteiger partial charge is 0.270 e. The zero-order valence-electron chi connectivity index (χ0n) is 13.4. The Morgan fingerprint density at radius 1 is 1.39 bits per heavy atom. The summed E-state index contributed by atoms with van der Waals surface area (Å²) in [7, 11) is 3.11. The molecule has 1 aromatic rings. The first-order valence-electron chi connectivity index (χ1n) is 7.86. The fraction of sp³-hybridized carbons (Fsp3) is 0.562. The lowest BCUT2D eigenvalue weighted by molar-refractivity contribution is -0.180. The van der Waals surface area contributed by atoms with Crippen molar-refractivity contribution in [2.45, 2.75) is 12.5 Å². The van der Waals surface area contributed by atoms with Crippen molar-refractivity contribution in [3.05, 3.63) is 30.1 Å². The van der Waals surface area contributed by atoms with Gasteiger partial charge < -0.3 is 10.2 Å². The minimum Gasteiger partial charge on any atom is -0.346 e. The van der Waals surface area contributed by atoms with Gasteiger partial charge in [-0.25, -0.2) is 5.06 Å². The van der Waals surface area contributed by atoms with E-state index in [1.807, 2.05) is 0 Å². The summed E-state index contributed by atoms with van der Waals surface area (Å²) in [5.74, 6) is -0.219. The summed E-state index contributed by atoms with van der Waals surface area (Å²) < 4.78 is 0. The number of rotatable bonds is 4. The highest BCUT2D eigenvalue weighted by Gasteiger charge is 2.45. The number of hydroxylamine groups is 2. The molecule has 3 aliphatic heterocycles. The predicted octanol–water partition coefficient (Wildman–Crippen LogP) is 0.152. The lowest BCUT2D eigenvalue weighted by Crippen LogP contribution is -2.63. The molecule has 4 atom stereocenters. The Morgan fingerprint density at radius 3 is 2.87 bits per heavy atom. The zero-order chi connectivity index (χ0) is 16.4. The Hall–Kier alpha value is -1.99. The Balaban J connectivity index is 1.71. The first-order chi connectivity index (χ1) is 11.1. The van der Waals surface area contributed by atoms with Crippen LogP contribution >= 0.6 is 0 Å². The van der Waals surface area contributed by atoms with E-state index in [0.717, 1.165) is 26.1 Å². The van der Waals surface area contributed by atoms with Gasteiger partial charge in [0.05, 0.1) is 13.0 Å². The van der Waals surface area contributed by atoms with E-state index in [1.165, 1.54) is 12.2 Å². The monoisotopic (exact) mass is 318 g/mol. The number of carbonyl (C=O) groups excluding carboxylic acids is 2. The second-order valence-corrected chi connectivity index (χ2v) is 6.13. The molecule has 124 valence electrons. The van der Waals surface area contributed by atoms with Crippen LogP contribution in [0.15, 0.2) is 24.4 Å². The molecule has 1 N–H and O–H groups in total. The normalized spacial score (nSPS) is 29.1. The van der Waals surface area contributed by atoms with Gasteiger partial charge in [0, 0.05) is 32.4 Å². The first-order valence-corrected chi connectivity index (χ1v) is 7.86. The molecule has 4 unspecified atom stereocenters. The number of nitrogens with one attached hydrogen (secondary N) is 1. The lowest BCUT2D eigenvalue weighted by atomic mass is 9.75. The number of piperidine rings is 3. The summed E-state index contributed by atoms with van der Waals surface area (Å²) in [6.45, 7) is 2.48. The number of hydrogen-bond donors (Lipinski definition) is 1. The Kier molecular flexibility index (Phi) is 4.58. The maximum absolute atomic E-state index is 12.5. The molecule has 7 heteroatoms. The van der Waals surface area contributed by atoms with Crippen molar-refractivity contribution < 1.29 is 14.4 Å². The molecular formula is C16H22N4O3. The van der Waals surface area contributed by atoms with Crippen molar-refractivity contribution in [2.24, 2.45) is 11.8 Å². The lowest BCUT2D eigenvalue weighted by Gasteiger charge is -2.49. The van der Waals surface area contributed by atoms with Crippen molar-refractivity contribution in [1.82, 2.24) is 20.3 Å². The van der Waals surface area contributed by atoms with Crippen molar-refractivity contribution in [3.63, 3.8) is 0 Å². The van der Waals surface area contributed by atoms with Crippen LogP contribution in [0.2, 0.25) is 0 Å². The van der Waals surface area contributed by atoms with Gasteiger partial charge in [0.15, 0.2) is 0 Å². The summed E-state index contributed by atoms with van der Waals surface area (Å²) in [6, 6.07) is 5.22. The summed E-state index contributed by atoms with van der Waals surface area (Å²) >= 11 is 0. The van der Waals surface area contributed by atoms with Gasteiger partial charge in [0.25, 0.3) is 11.8 Å². The van der Waals surface area contributed by atoms with Gasteiger partial charge >= 0.3 is 0 Å². The number of aromatic nitrogens is 1. The van der Waals surface area contributed by atoms with Gasteiger partial charge in [-0.2, -0.15) is 0 Å². The van der Waals surface area contributed by atoms with E-state index in [9.17, 15) is 9.59 Å². The minimum atomic E-state index is -0.185. The first kappa shape index (κ1) is 15.9. The average molecular weight is 318 g/mol. The molecule has 0 aromatic carbocycles. The van der Waals surface area contributed by atoms with E-state index in [1.54, 1.807) is 31.4 Å². The maximum Gasteiger partial charge on any atom is 0.270 e. The third-order valence-corrected chi connectivity index (χ3v) is 4.84. The van der Waals surface area contributed by atoms with E-state index in [0.29, 0.717) is 5.69 Å². The van der Waals surface area contributed by atoms with E-state index in [2.05, 4.69) is 15.2 Å².